The first-order valence-electron chi connectivity index (χ1n) is 9.47. The van der Waals surface area contributed by atoms with E-state index in [-0.39, 0.29) is 17.9 Å². The smallest absolute Gasteiger partial charge is 0.291 e. The molecule has 4 rings (SSSR count). The van der Waals surface area contributed by atoms with Crippen LogP contribution in [0.5, 0.6) is 11.5 Å². The Morgan fingerprint density at radius 3 is 2.53 bits per heavy atom. The molecule has 0 aliphatic rings. The summed E-state index contributed by atoms with van der Waals surface area (Å²) in [6.07, 6.45) is 1.67. The van der Waals surface area contributed by atoms with E-state index in [1.54, 1.807) is 42.6 Å². The molecule has 0 fully saturated rings. The van der Waals surface area contributed by atoms with Crippen LogP contribution >= 0.6 is 0 Å². The highest BCUT2D eigenvalue weighted by Gasteiger charge is 2.14. The quantitative estimate of drug-likeness (QED) is 0.502. The molecule has 4 aromatic rings. The van der Waals surface area contributed by atoms with Crippen LogP contribution in [0.1, 0.15) is 21.9 Å². The lowest BCUT2D eigenvalue weighted by Gasteiger charge is -2.11. The SMILES string of the molecule is Cc1ccc(Oc2ccccc2NC(=O)c2ccc(Cn3ccccc3=O)o2)cc1. The number of ether oxygens (including phenoxy) is 1. The van der Waals surface area contributed by atoms with Crippen LogP contribution in [0.25, 0.3) is 0 Å². The molecule has 1 N–H and O–H groups in total. The topological polar surface area (TPSA) is 73.5 Å². The molecule has 0 aliphatic carbocycles. The van der Waals surface area contributed by atoms with Crippen LogP contribution in [0.2, 0.25) is 0 Å². The molecule has 0 spiro atoms. The predicted molar refractivity (Wildman–Crippen MR) is 114 cm³/mol. The average molecular weight is 400 g/mol. The van der Waals surface area contributed by atoms with Crippen LogP contribution in [0.4, 0.5) is 5.69 Å². The van der Waals surface area contributed by atoms with Crippen LogP contribution in [-0.4, -0.2) is 10.5 Å². The summed E-state index contributed by atoms with van der Waals surface area (Å²) < 4.78 is 13.1. The van der Waals surface area contributed by atoms with Gasteiger partial charge < -0.3 is 19.0 Å². The molecular formula is C24H20N2O4. The highest BCUT2D eigenvalue weighted by Crippen LogP contribution is 2.30. The zero-order valence-corrected chi connectivity index (χ0v) is 16.4. The van der Waals surface area contributed by atoms with Gasteiger partial charge in [-0.25, -0.2) is 0 Å². The Morgan fingerprint density at radius 2 is 1.73 bits per heavy atom. The fourth-order valence-electron chi connectivity index (χ4n) is 2.92. The van der Waals surface area contributed by atoms with Gasteiger partial charge in [0, 0.05) is 12.3 Å². The van der Waals surface area contributed by atoms with Gasteiger partial charge in [0.25, 0.3) is 11.5 Å². The molecule has 0 bridgehead atoms. The highest BCUT2D eigenvalue weighted by molar-refractivity contribution is 6.03. The van der Waals surface area contributed by atoms with Crippen molar-refractivity contribution in [2.75, 3.05) is 5.32 Å². The van der Waals surface area contributed by atoms with Crippen molar-refractivity contribution in [2.45, 2.75) is 13.5 Å². The van der Waals surface area contributed by atoms with Crippen LogP contribution in [0.15, 0.2) is 94.3 Å². The van der Waals surface area contributed by atoms with Gasteiger partial charge in [0.05, 0.1) is 12.2 Å². The summed E-state index contributed by atoms with van der Waals surface area (Å²) in [7, 11) is 0. The molecule has 0 aliphatic heterocycles. The van der Waals surface area contributed by atoms with Crippen LogP contribution < -0.4 is 15.6 Å². The first-order valence-corrected chi connectivity index (χ1v) is 9.47. The standard InChI is InChI=1S/C24H20N2O4/c1-17-9-11-18(12-10-17)29-21-7-3-2-6-20(21)25-24(28)22-14-13-19(30-22)16-26-15-5-4-8-23(26)27/h2-15H,16H2,1H3,(H,25,28). The third-order valence-electron chi connectivity index (χ3n) is 4.49. The number of carbonyl (C=O) groups is 1. The number of amides is 1. The number of anilines is 1. The van der Waals surface area contributed by atoms with E-state index in [4.69, 9.17) is 9.15 Å². The predicted octanol–water partition coefficient (Wildman–Crippen LogP) is 4.84. The minimum Gasteiger partial charge on any atom is -0.455 e. The third-order valence-corrected chi connectivity index (χ3v) is 4.49. The second-order valence-corrected chi connectivity index (χ2v) is 6.80. The first-order chi connectivity index (χ1) is 14.6. The van der Waals surface area contributed by atoms with E-state index in [1.165, 1.54) is 10.6 Å². The number of para-hydroxylation sites is 2. The van der Waals surface area contributed by atoms with Gasteiger partial charge in [-0.2, -0.15) is 0 Å². The fourth-order valence-corrected chi connectivity index (χ4v) is 2.92. The second-order valence-electron chi connectivity index (χ2n) is 6.80. The van der Waals surface area contributed by atoms with Crippen molar-refractivity contribution < 1.29 is 13.9 Å². The number of nitrogens with zero attached hydrogens (tertiary/aromatic N) is 1. The Balaban J connectivity index is 1.48. The second kappa shape index (κ2) is 8.53. The lowest BCUT2D eigenvalue weighted by molar-refractivity contribution is 0.0994. The van der Waals surface area contributed by atoms with Gasteiger partial charge in [-0.05, 0) is 49.4 Å². The number of benzene rings is 2. The molecule has 2 aromatic heterocycles. The van der Waals surface area contributed by atoms with Crippen molar-refractivity contribution in [2.24, 2.45) is 0 Å². The zero-order chi connectivity index (χ0) is 20.9. The Morgan fingerprint density at radius 1 is 0.967 bits per heavy atom. The third kappa shape index (κ3) is 4.50. The highest BCUT2D eigenvalue weighted by atomic mass is 16.5. The minimum absolute atomic E-state index is 0.137. The number of aromatic nitrogens is 1. The largest absolute Gasteiger partial charge is 0.455 e. The van der Waals surface area contributed by atoms with E-state index < -0.39 is 5.91 Å². The number of hydrogen-bond acceptors (Lipinski definition) is 4. The first kappa shape index (κ1) is 19.3. The van der Waals surface area contributed by atoms with E-state index in [0.717, 1.165) is 5.56 Å². The van der Waals surface area contributed by atoms with Gasteiger partial charge in [0.15, 0.2) is 11.5 Å². The number of nitrogens with one attached hydrogen (secondary N) is 1. The lowest BCUT2D eigenvalue weighted by atomic mass is 10.2. The molecule has 0 radical (unpaired) electrons. The molecule has 150 valence electrons. The maximum absolute atomic E-state index is 12.7. The average Bonchev–Trinajstić information content (AvgIpc) is 3.22. The Hall–Kier alpha value is -4.06. The van der Waals surface area contributed by atoms with Gasteiger partial charge in [-0.15, -0.1) is 0 Å². The van der Waals surface area contributed by atoms with Gasteiger partial charge in [0.1, 0.15) is 11.5 Å². The van der Waals surface area contributed by atoms with Crippen LogP contribution in [0.3, 0.4) is 0 Å². The number of furan rings is 1. The number of rotatable bonds is 6. The van der Waals surface area contributed by atoms with Gasteiger partial charge in [-0.3, -0.25) is 9.59 Å². The van der Waals surface area contributed by atoms with Gasteiger partial charge >= 0.3 is 0 Å². The minimum atomic E-state index is -0.401. The van der Waals surface area contributed by atoms with Crippen LogP contribution in [0, 0.1) is 6.92 Å². The van der Waals surface area contributed by atoms with Crippen molar-refractivity contribution in [3.63, 3.8) is 0 Å². The number of aryl methyl sites for hydroxylation is 1. The summed E-state index contributed by atoms with van der Waals surface area (Å²) in [5.74, 6) is 1.46. The number of carbonyl (C=O) groups excluding carboxylic acids is 1. The van der Waals surface area contributed by atoms with Crippen molar-refractivity contribution in [3.8, 4) is 11.5 Å². The van der Waals surface area contributed by atoms with Crippen molar-refractivity contribution in [1.29, 1.82) is 0 Å². The Bertz CT molecular complexity index is 1220. The molecule has 0 saturated heterocycles. The Labute approximate surface area is 173 Å². The van der Waals surface area contributed by atoms with E-state index in [2.05, 4.69) is 5.32 Å². The van der Waals surface area contributed by atoms with Gasteiger partial charge in [-0.1, -0.05) is 35.9 Å². The van der Waals surface area contributed by atoms with E-state index >= 15 is 0 Å². The summed E-state index contributed by atoms with van der Waals surface area (Å²) in [6.45, 7) is 2.25. The summed E-state index contributed by atoms with van der Waals surface area (Å²) >= 11 is 0. The maximum atomic E-state index is 12.7. The molecule has 0 atom stereocenters. The zero-order valence-electron chi connectivity index (χ0n) is 16.4. The molecule has 0 saturated carbocycles. The Kier molecular flexibility index (Phi) is 5.48. The summed E-state index contributed by atoms with van der Waals surface area (Å²) in [4.78, 5) is 24.5. The molecule has 6 nitrogen and oxygen atoms in total. The number of pyridine rings is 1. The summed E-state index contributed by atoms with van der Waals surface area (Å²) in [5, 5.41) is 2.82. The molecule has 2 aromatic carbocycles. The van der Waals surface area contributed by atoms with E-state index in [1.807, 2.05) is 43.3 Å². The molecule has 0 unspecified atom stereocenters. The lowest BCUT2D eigenvalue weighted by Crippen LogP contribution is -2.18. The summed E-state index contributed by atoms with van der Waals surface area (Å²) in [5.41, 5.74) is 1.53. The summed E-state index contributed by atoms with van der Waals surface area (Å²) in [6, 6.07) is 23.0. The maximum Gasteiger partial charge on any atom is 0.291 e. The van der Waals surface area contributed by atoms with E-state index in [9.17, 15) is 9.59 Å². The van der Waals surface area contributed by atoms with Crippen LogP contribution in [-0.2, 0) is 6.54 Å². The molecular weight excluding hydrogens is 380 g/mol. The normalized spacial score (nSPS) is 10.6. The molecule has 2 heterocycles. The van der Waals surface area contributed by atoms with Crippen molar-refractivity contribution >= 4 is 11.6 Å². The molecule has 30 heavy (non-hydrogen) atoms. The van der Waals surface area contributed by atoms with Crippen molar-refractivity contribution in [1.82, 2.24) is 4.57 Å². The van der Waals surface area contributed by atoms with E-state index in [0.29, 0.717) is 22.9 Å². The molecule has 6 heteroatoms. The van der Waals surface area contributed by atoms with Crippen molar-refractivity contribution in [3.05, 3.63) is 112 Å². The fraction of sp³-hybridized carbons (Fsp3) is 0.0833. The molecule has 1 amide bonds. The van der Waals surface area contributed by atoms with Gasteiger partial charge in [0.2, 0.25) is 0 Å². The monoisotopic (exact) mass is 400 g/mol. The number of hydrogen-bond donors (Lipinski definition) is 1.